The summed E-state index contributed by atoms with van der Waals surface area (Å²) in [4.78, 5) is 34.7. The van der Waals surface area contributed by atoms with Crippen LogP contribution in [0.2, 0.25) is 0 Å². The van der Waals surface area contributed by atoms with Gasteiger partial charge in [-0.25, -0.2) is 4.79 Å². The normalized spacial score (nSPS) is 16.5. The zero-order chi connectivity index (χ0) is 30.6. The van der Waals surface area contributed by atoms with Gasteiger partial charge in [-0.1, -0.05) is 42.8 Å². The van der Waals surface area contributed by atoms with Gasteiger partial charge in [0.15, 0.2) is 12.0 Å². The summed E-state index contributed by atoms with van der Waals surface area (Å²) in [5.41, 5.74) is 9.00. The highest BCUT2D eigenvalue weighted by atomic mass is 16.6. The van der Waals surface area contributed by atoms with Crippen molar-refractivity contribution in [3.8, 4) is 0 Å². The van der Waals surface area contributed by atoms with Gasteiger partial charge in [-0.3, -0.25) is 20.0 Å². The van der Waals surface area contributed by atoms with Crippen LogP contribution in [0, 0.1) is 0 Å². The summed E-state index contributed by atoms with van der Waals surface area (Å²) in [5, 5.41) is 5.64. The van der Waals surface area contributed by atoms with Crippen LogP contribution in [-0.2, 0) is 20.8 Å². The molecular weight excluding hydrogens is 560 g/mol. The number of hydrogen-bond donors (Lipinski definition) is 3. The lowest BCUT2D eigenvalue weighted by Gasteiger charge is -2.27. The van der Waals surface area contributed by atoms with Gasteiger partial charge in [0.25, 0.3) is 5.91 Å². The number of ether oxygens (including phenoxy) is 3. The number of carbonyl (C=O) groups excluding carboxylic acids is 2. The van der Waals surface area contributed by atoms with Crippen molar-refractivity contribution < 1.29 is 23.8 Å². The van der Waals surface area contributed by atoms with E-state index in [-0.39, 0.29) is 23.5 Å². The highest BCUT2D eigenvalue weighted by Crippen LogP contribution is 2.25. The fraction of sp³-hybridized carbons (Fsp3) is 0.364. The lowest BCUT2D eigenvalue weighted by Crippen LogP contribution is -2.40. The standard InChI is InChI=1S/C33H40N6O5/c34-27-11-5-6-12-28(27)36-32(40)29-14-13-25(21-35-29)22-39(16-8-2-7-15-38-17-19-42-20-18-38)33(41)37-31-24-43-23-30(44-31)26-9-3-1-4-10-26/h1,3,5-6,9,11-14,21,23-24H,2,4,7-8,10,15-20,22,34H2,(H,36,40)(H,37,41). The molecule has 0 atom stereocenters. The van der Waals surface area contributed by atoms with E-state index in [1.54, 1.807) is 53.8 Å². The number of carbonyl (C=O) groups is 2. The van der Waals surface area contributed by atoms with E-state index in [0.717, 1.165) is 76.1 Å². The molecule has 11 nitrogen and oxygen atoms in total. The first kappa shape index (κ1) is 30.8. The lowest BCUT2D eigenvalue weighted by molar-refractivity contribution is 0.0370. The highest BCUT2D eigenvalue weighted by Gasteiger charge is 2.21. The van der Waals surface area contributed by atoms with Crippen LogP contribution in [0.5, 0.6) is 0 Å². The van der Waals surface area contributed by atoms with E-state index in [1.807, 2.05) is 12.2 Å². The van der Waals surface area contributed by atoms with Gasteiger partial charge < -0.3 is 30.2 Å². The number of nitrogens with zero attached hydrogens (tertiary/aromatic N) is 3. The molecule has 4 N–H and O–H groups in total. The maximum atomic E-state index is 13.5. The number of nitrogens with one attached hydrogen (secondary N) is 2. The van der Waals surface area contributed by atoms with Gasteiger partial charge in [0, 0.05) is 32.4 Å². The van der Waals surface area contributed by atoms with Crippen molar-refractivity contribution in [2.75, 3.05) is 50.4 Å². The molecule has 0 radical (unpaired) electrons. The number of para-hydroxylation sites is 2. The van der Waals surface area contributed by atoms with Gasteiger partial charge in [0.05, 0.1) is 24.6 Å². The Morgan fingerprint density at radius 2 is 1.89 bits per heavy atom. The molecule has 2 aromatic rings. The smallest absolute Gasteiger partial charge is 0.324 e. The second-order valence-electron chi connectivity index (χ2n) is 10.8. The molecule has 0 bridgehead atoms. The number of rotatable bonds is 12. The summed E-state index contributed by atoms with van der Waals surface area (Å²) >= 11 is 0. The van der Waals surface area contributed by atoms with Crippen molar-refractivity contribution in [3.63, 3.8) is 0 Å². The third-order valence-corrected chi connectivity index (χ3v) is 7.56. The molecule has 0 saturated carbocycles. The van der Waals surface area contributed by atoms with Crippen LogP contribution >= 0.6 is 0 Å². The molecule has 1 saturated heterocycles. The predicted molar refractivity (Wildman–Crippen MR) is 168 cm³/mol. The lowest BCUT2D eigenvalue weighted by atomic mass is 10.0. The fourth-order valence-electron chi connectivity index (χ4n) is 5.07. The van der Waals surface area contributed by atoms with Gasteiger partial charge in [-0.15, -0.1) is 0 Å². The van der Waals surface area contributed by atoms with Crippen LogP contribution in [0.1, 0.15) is 48.2 Å². The van der Waals surface area contributed by atoms with Crippen molar-refractivity contribution in [1.29, 1.82) is 0 Å². The average Bonchev–Trinajstić information content (AvgIpc) is 3.06. The Morgan fingerprint density at radius 1 is 1.02 bits per heavy atom. The Labute approximate surface area is 258 Å². The Balaban J connectivity index is 1.19. The number of nitrogen functional groups attached to an aromatic ring is 1. The molecule has 3 amide bonds. The molecule has 0 unspecified atom stereocenters. The van der Waals surface area contributed by atoms with Crippen molar-refractivity contribution in [1.82, 2.24) is 20.1 Å². The minimum Gasteiger partial charge on any atom is -0.463 e. The van der Waals surface area contributed by atoms with Crippen LogP contribution in [0.4, 0.5) is 16.2 Å². The molecule has 1 aromatic heterocycles. The Bertz CT molecular complexity index is 1410. The summed E-state index contributed by atoms with van der Waals surface area (Å²) < 4.78 is 16.9. The highest BCUT2D eigenvalue weighted by molar-refractivity contribution is 6.04. The van der Waals surface area contributed by atoms with E-state index in [4.69, 9.17) is 19.9 Å². The van der Waals surface area contributed by atoms with E-state index >= 15 is 0 Å². The van der Waals surface area contributed by atoms with E-state index in [2.05, 4.69) is 26.6 Å². The first-order valence-corrected chi connectivity index (χ1v) is 15.1. The largest absolute Gasteiger partial charge is 0.463 e. The third-order valence-electron chi connectivity index (χ3n) is 7.56. The Morgan fingerprint density at radius 3 is 2.66 bits per heavy atom. The van der Waals surface area contributed by atoms with Gasteiger partial charge in [0.2, 0.25) is 5.88 Å². The Kier molecular flexibility index (Phi) is 11.0. The molecule has 1 aliphatic carbocycles. The van der Waals surface area contributed by atoms with E-state index in [1.165, 1.54) is 6.26 Å². The molecule has 2 aliphatic heterocycles. The van der Waals surface area contributed by atoms with Crippen molar-refractivity contribution in [3.05, 3.63) is 102 Å². The number of benzene rings is 1. The zero-order valence-electron chi connectivity index (χ0n) is 24.9. The molecule has 1 fully saturated rings. The quantitative estimate of drug-likeness (QED) is 0.232. The molecule has 3 heterocycles. The van der Waals surface area contributed by atoms with Gasteiger partial charge in [-0.2, -0.15) is 0 Å². The van der Waals surface area contributed by atoms with Crippen LogP contribution in [-0.4, -0.2) is 66.1 Å². The number of hydrogen-bond acceptors (Lipinski definition) is 8. The van der Waals surface area contributed by atoms with E-state index in [9.17, 15) is 9.59 Å². The number of nitrogens with two attached hydrogens (primary N) is 1. The van der Waals surface area contributed by atoms with Crippen LogP contribution < -0.4 is 16.4 Å². The summed E-state index contributed by atoms with van der Waals surface area (Å²) in [6.07, 6.45) is 15.2. The minimum absolute atomic E-state index is 0.227. The molecule has 44 heavy (non-hydrogen) atoms. The first-order valence-electron chi connectivity index (χ1n) is 15.1. The average molecular weight is 601 g/mol. The predicted octanol–water partition coefficient (Wildman–Crippen LogP) is 4.89. The summed E-state index contributed by atoms with van der Waals surface area (Å²) in [6.45, 7) is 5.38. The summed E-state index contributed by atoms with van der Waals surface area (Å²) in [5.74, 6) is 0.445. The van der Waals surface area contributed by atoms with Crippen LogP contribution in [0.25, 0.3) is 0 Å². The number of amides is 3. The monoisotopic (exact) mass is 600 g/mol. The van der Waals surface area contributed by atoms with Crippen LogP contribution in [0.15, 0.2) is 90.6 Å². The third kappa shape index (κ3) is 8.95. The van der Waals surface area contributed by atoms with E-state index < -0.39 is 0 Å². The van der Waals surface area contributed by atoms with Gasteiger partial charge in [0.1, 0.15) is 12.0 Å². The second-order valence-corrected chi connectivity index (χ2v) is 10.8. The molecule has 232 valence electrons. The van der Waals surface area contributed by atoms with Gasteiger partial charge in [-0.05, 0) is 61.6 Å². The van der Waals surface area contributed by atoms with E-state index in [0.29, 0.717) is 30.2 Å². The van der Waals surface area contributed by atoms with Gasteiger partial charge >= 0.3 is 6.03 Å². The molecule has 0 spiro atoms. The van der Waals surface area contributed by atoms with Crippen molar-refractivity contribution in [2.24, 2.45) is 0 Å². The fourth-order valence-corrected chi connectivity index (χ4v) is 5.07. The number of unbranched alkanes of at least 4 members (excludes halogenated alkanes) is 2. The molecule has 11 heteroatoms. The number of aromatic nitrogens is 1. The SMILES string of the molecule is Nc1ccccc1NC(=O)c1ccc(CN(CCCCCN2CCOCC2)C(=O)NC2=COC=C(C3=CC=CCC3)O2)cn1. The Hall–Kier alpha value is -4.61. The maximum absolute atomic E-state index is 13.5. The van der Waals surface area contributed by atoms with Crippen molar-refractivity contribution >= 4 is 23.3 Å². The number of pyridine rings is 1. The van der Waals surface area contributed by atoms with Crippen molar-refractivity contribution in [2.45, 2.75) is 38.6 Å². The number of allylic oxidation sites excluding steroid dienone is 4. The maximum Gasteiger partial charge on any atom is 0.324 e. The first-order chi connectivity index (χ1) is 21.5. The number of urea groups is 1. The second kappa shape index (κ2) is 15.7. The number of anilines is 2. The zero-order valence-corrected chi connectivity index (χ0v) is 24.9. The molecule has 3 aliphatic rings. The molecule has 5 rings (SSSR count). The summed E-state index contributed by atoms with van der Waals surface area (Å²) in [7, 11) is 0. The molecular formula is C33H40N6O5. The summed E-state index contributed by atoms with van der Waals surface area (Å²) in [6, 6.07) is 10.2. The minimum atomic E-state index is -0.363. The van der Waals surface area contributed by atoms with Crippen LogP contribution in [0.3, 0.4) is 0 Å². The number of morpholine rings is 1. The topological polar surface area (TPSA) is 131 Å². The molecule has 1 aromatic carbocycles.